The van der Waals surface area contributed by atoms with Crippen molar-refractivity contribution in [2.24, 2.45) is 0 Å². The number of carbonyl (C=O) groups is 2. The van der Waals surface area contributed by atoms with Gasteiger partial charge in [-0.25, -0.2) is 8.78 Å². The maximum atomic E-state index is 13.7. The van der Waals surface area contributed by atoms with E-state index >= 15 is 0 Å². The Morgan fingerprint density at radius 2 is 1.47 bits per heavy atom. The third-order valence-corrected chi connectivity index (χ3v) is 4.55. The van der Waals surface area contributed by atoms with E-state index < -0.39 is 40.9 Å². The van der Waals surface area contributed by atoms with E-state index in [-0.39, 0.29) is 29.7 Å². The van der Waals surface area contributed by atoms with Crippen LogP contribution in [0.3, 0.4) is 0 Å². The van der Waals surface area contributed by atoms with E-state index in [0.717, 1.165) is 18.2 Å². The van der Waals surface area contributed by atoms with Gasteiger partial charge in [-0.1, -0.05) is 30.3 Å². The van der Waals surface area contributed by atoms with Crippen LogP contribution in [-0.2, 0) is 17.4 Å². The molecule has 0 saturated carbocycles. The molecule has 3 aromatic rings. The number of carbonyl (C=O) groups excluding carboxylic acids is 2. The summed E-state index contributed by atoms with van der Waals surface area (Å²) < 4.78 is 68.0. The molecule has 0 aliphatic rings. The largest absolute Gasteiger partial charge is 0.418 e. The van der Waals surface area contributed by atoms with Gasteiger partial charge in [-0.05, 0) is 48.4 Å². The van der Waals surface area contributed by atoms with Gasteiger partial charge in [-0.2, -0.15) is 13.2 Å². The van der Waals surface area contributed by atoms with Gasteiger partial charge in [0.15, 0.2) is 0 Å². The van der Waals surface area contributed by atoms with Crippen LogP contribution in [0.25, 0.3) is 0 Å². The van der Waals surface area contributed by atoms with E-state index in [9.17, 15) is 31.5 Å². The summed E-state index contributed by atoms with van der Waals surface area (Å²) in [5.74, 6) is -2.98. The number of nitrogens with one attached hydrogen (secondary N) is 2. The van der Waals surface area contributed by atoms with Crippen LogP contribution >= 0.6 is 0 Å². The van der Waals surface area contributed by atoms with Gasteiger partial charge >= 0.3 is 6.18 Å². The Morgan fingerprint density at radius 3 is 2.12 bits per heavy atom. The normalized spacial score (nSPS) is 11.2. The van der Waals surface area contributed by atoms with Crippen molar-refractivity contribution in [3.05, 3.63) is 95.1 Å². The van der Waals surface area contributed by atoms with Gasteiger partial charge in [-0.15, -0.1) is 0 Å². The first-order chi connectivity index (χ1) is 15.1. The molecule has 0 radical (unpaired) electrons. The Morgan fingerprint density at radius 1 is 0.812 bits per heavy atom. The Balaban J connectivity index is 1.75. The Kier molecular flexibility index (Phi) is 6.87. The van der Waals surface area contributed by atoms with Gasteiger partial charge in [-0.3, -0.25) is 9.59 Å². The number of benzene rings is 3. The van der Waals surface area contributed by atoms with Crippen molar-refractivity contribution in [2.75, 3.05) is 10.6 Å². The van der Waals surface area contributed by atoms with Gasteiger partial charge in [0.25, 0.3) is 5.91 Å². The van der Waals surface area contributed by atoms with Gasteiger partial charge < -0.3 is 10.6 Å². The number of anilines is 2. The molecule has 0 heterocycles. The lowest BCUT2D eigenvalue weighted by atomic mass is 10.1. The first kappa shape index (κ1) is 22.9. The molecule has 2 N–H and O–H groups in total. The lowest BCUT2D eigenvalue weighted by molar-refractivity contribution is -0.136. The minimum atomic E-state index is -4.84. The SMILES string of the molecule is O=C(CCc1ccccc1F)Nc1ccc(NC(=O)c2ccccc2F)cc1C(F)(F)F. The van der Waals surface area contributed by atoms with Crippen LogP contribution in [0.5, 0.6) is 0 Å². The van der Waals surface area contributed by atoms with Gasteiger partial charge in [0, 0.05) is 12.1 Å². The second-order valence-electron chi connectivity index (χ2n) is 6.83. The highest BCUT2D eigenvalue weighted by Gasteiger charge is 2.34. The molecule has 0 saturated heterocycles. The van der Waals surface area contributed by atoms with Crippen LogP contribution in [0.1, 0.15) is 27.9 Å². The third kappa shape index (κ3) is 5.69. The average Bonchev–Trinajstić information content (AvgIpc) is 2.73. The smallest absolute Gasteiger partial charge is 0.325 e. The number of rotatable bonds is 6. The highest BCUT2D eigenvalue weighted by Crippen LogP contribution is 2.37. The Labute approximate surface area is 180 Å². The van der Waals surface area contributed by atoms with E-state index in [1.165, 1.54) is 36.4 Å². The third-order valence-electron chi connectivity index (χ3n) is 4.55. The van der Waals surface area contributed by atoms with Crippen LogP contribution < -0.4 is 10.6 Å². The summed E-state index contributed by atoms with van der Waals surface area (Å²) in [6.45, 7) is 0. The van der Waals surface area contributed by atoms with Crippen molar-refractivity contribution >= 4 is 23.2 Å². The number of hydrogen-bond donors (Lipinski definition) is 2. The fourth-order valence-electron chi connectivity index (χ4n) is 2.97. The minimum Gasteiger partial charge on any atom is -0.325 e. The van der Waals surface area contributed by atoms with Crippen LogP contribution in [0, 0.1) is 11.6 Å². The number of hydrogen-bond acceptors (Lipinski definition) is 2. The molecule has 32 heavy (non-hydrogen) atoms. The molecule has 0 aliphatic carbocycles. The van der Waals surface area contributed by atoms with E-state index in [1.807, 2.05) is 0 Å². The molecule has 3 aromatic carbocycles. The van der Waals surface area contributed by atoms with Crippen LogP contribution in [-0.4, -0.2) is 11.8 Å². The molecule has 166 valence electrons. The van der Waals surface area contributed by atoms with Crippen molar-refractivity contribution < 1.29 is 31.5 Å². The zero-order chi connectivity index (χ0) is 23.3. The molecule has 0 aliphatic heterocycles. The topological polar surface area (TPSA) is 58.2 Å². The monoisotopic (exact) mass is 448 g/mol. The van der Waals surface area contributed by atoms with Crippen LogP contribution in [0.2, 0.25) is 0 Å². The molecule has 0 aromatic heterocycles. The molecule has 3 rings (SSSR count). The number of alkyl halides is 3. The van der Waals surface area contributed by atoms with Crippen molar-refractivity contribution in [1.29, 1.82) is 0 Å². The molecule has 2 amide bonds. The summed E-state index contributed by atoms with van der Waals surface area (Å²) >= 11 is 0. The lowest BCUT2D eigenvalue weighted by Gasteiger charge is -2.16. The summed E-state index contributed by atoms with van der Waals surface area (Å²) in [6, 6.07) is 13.6. The Hall–Kier alpha value is -3.75. The summed E-state index contributed by atoms with van der Waals surface area (Å²) in [5, 5.41) is 4.39. The molecule has 0 atom stereocenters. The summed E-state index contributed by atoms with van der Waals surface area (Å²) in [7, 11) is 0. The highest BCUT2D eigenvalue weighted by molar-refractivity contribution is 6.04. The minimum absolute atomic E-state index is 0.0106. The van der Waals surface area contributed by atoms with Crippen molar-refractivity contribution in [3.8, 4) is 0 Å². The van der Waals surface area contributed by atoms with Gasteiger partial charge in [0.1, 0.15) is 11.6 Å². The first-order valence-electron chi connectivity index (χ1n) is 9.45. The van der Waals surface area contributed by atoms with Gasteiger partial charge in [0.2, 0.25) is 5.91 Å². The fraction of sp³-hybridized carbons (Fsp3) is 0.130. The summed E-state index contributed by atoms with van der Waals surface area (Å²) in [6.07, 6.45) is -5.06. The van der Waals surface area contributed by atoms with E-state index in [2.05, 4.69) is 10.6 Å². The predicted molar refractivity (Wildman–Crippen MR) is 109 cm³/mol. The Bertz CT molecular complexity index is 1150. The molecule has 0 bridgehead atoms. The molecular formula is C23H17F5N2O2. The van der Waals surface area contributed by atoms with E-state index in [0.29, 0.717) is 6.07 Å². The standard InChI is InChI=1S/C23H17F5N2O2/c24-18-7-3-1-5-14(18)9-12-21(31)30-20-11-10-15(13-17(20)23(26,27)28)29-22(32)16-6-2-4-8-19(16)25/h1-8,10-11,13H,9,12H2,(H,29,32)(H,30,31). The maximum absolute atomic E-state index is 13.7. The second kappa shape index (κ2) is 9.59. The molecule has 0 fully saturated rings. The maximum Gasteiger partial charge on any atom is 0.418 e. The highest BCUT2D eigenvalue weighted by atomic mass is 19.4. The number of aryl methyl sites for hydroxylation is 1. The predicted octanol–water partition coefficient (Wildman–Crippen LogP) is 5.81. The molecule has 0 spiro atoms. The average molecular weight is 448 g/mol. The number of amides is 2. The van der Waals surface area contributed by atoms with Crippen LogP contribution in [0.15, 0.2) is 66.7 Å². The van der Waals surface area contributed by atoms with Crippen molar-refractivity contribution in [2.45, 2.75) is 19.0 Å². The second-order valence-corrected chi connectivity index (χ2v) is 6.83. The summed E-state index contributed by atoms with van der Waals surface area (Å²) in [4.78, 5) is 24.3. The number of halogens is 5. The molecule has 9 heteroatoms. The lowest BCUT2D eigenvalue weighted by Crippen LogP contribution is -2.18. The molecule has 4 nitrogen and oxygen atoms in total. The van der Waals surface area contributed by atoms with Crippen molar-refractivity contribution in [1.82, 2.24) is 0 Å². The zero-order valence-electron chi connectivity index (χ0n) is 16.5. The summed E-state index contributed by atoms with van der Waals surface area (Å²) in [5.41, 5.74) is -1.99. The molecule has 0 unspecified atom stereocenters. The van der Waals surface area contributed by atoms with Crippen LogP contribution in [0.4, 0.5) is 33.3 Å². The molecular weight excluding hydrogens is 431 g/mol. The fourth-order valence-corrected chi connectivity index (χ4v) is 2.97. The van der Waals surface area contributed by atoms with E-state index in [4.69, 9.17) is 0 Å². The van der Waals surface area contributed by atoms with E-state index in [1.54, 1.807) is 6.07 Å². The zero-order valence-corrected chi connectivity index (χ0v) is 16.5. The van der Waals surface area contributed by atoms with Crippen molar-refractivity contribution in [3.63, 3.8) is 0 Å². The first-order valence-corrected chi connectivity index (χ1v) is 9.45. The quantitative estimate of drug-likeness (QED) is 0.468. The van der Waals surface area contributed by atoms with Gasteiger partial charge in [0.05, 0.1) is 16.8 Å².